The van der Waals surface area contributed by atoms with Crippen LogP contribution in [0.2, 0.25) is 0 Å². The van der Waals surface area contributed by atoms with Crippen molar-refractivity contribution in [3.63, 3.8) is 0 Å². The molecule has 74 valence electrons. The van der Waals surface area contributed by atoms with E-state index >= 15 is 0 Å². The highest BCUT2D eigenvalue weighted by atomic mass is 16.1. The minimum atomic E-state index is 0.0633. The molecule has 0 radical (unpaired) electrons. The molecule has 13 heavy (non-hydrogen) atoms. The molecule has 0 aromatic carbocycles. The van der Waals surface area contributed by atoms with E-state index in [2.05, 4.69) is 4.99 Å². The Kier molecular flexibility index (Phi) is 3.93. The highest BCUT2D eigenvalue weighted by Gasteiger charge is 2.19. The fourth-order valence-corrected chi connectivity index (χ4v) is 1.63. The predicted octanol–water partition coefficient (Wildman–Crippen LogP) is 1.68. The summed E-state index contributed by atoms with van der Waals surface area (Å²) < 4.78 is 0. The van der Waals surface area contributed by atoms with Crippen LogP contribution in [-0.2, 0) is 4.79 Å². The molecule has 0 aromatic rings. The average Bonchev–Trinajstić information content (AvgIpc) is 2.15. The molecule has 3 nitrogen and oxygen atoms in total. The minimum Gasteiger partial charge on any atom is -0.369 e. The summed E-state index contributed by atoms with van der Waals surface area (Å²) in [6, 6.07) is 0. The number of carbonyl (C=O) groups excluding carboxylic acids is 1. The van der Waals surface area contributed by atoms with Crippen LogP contribution in [0, 0.1) is 5.92 Å². The van der Waals surface area contributed by atoms with Crippen LogP contribution in [0.4, 0.5) is 0 Å². The number of hydrogen-bond acceptors (Lipinski definition) is 1. The highest BCUT2D eigenvalue weighted by molar-refractivity contribution is 5.86. The largest absolute Gasteiger partial charge is 0.369 e. The third kappa shape index (κ3) is 3.57. The summed E-state index contributed by atoms with van der Waals surface area (Å²) >= 11 is 0. The summed E-state index contributed by atoms with van der Waals surface area (Å²) in [7, 11) is 3.75. The molecular formula is C10H18N2O. The molecule has 0 spiro atoms. The van der Waals surface area contributed by atoms with Gasteiger partial charge in [0.2, 0.25) is 5.91 Å². The number of amides is 1. The summed E-state index contributed by atoms with van der Waals surface area (Å²) in [5, 5.41) is 0. The Bertz CT molecular complexity index is 193. The zero-order valence-electron chi connectivity index (χ0n) is 8.49. The summed E-state index contributed by atoms with van der Waals surface area (Å²) in [5.41, 5.74) is 0. The second-order valence-electron chi connectivity index (χ2n) is 3.88. The van der Waals surface area contributed by atoms with E-state index in [1.54, 1.807) is 11.2 Å². The summed E-state index contributed by atoms with van der Waals surface area (Å²) in [6.07, 6.45) is 7.31. The molecule has 0 heterocycles. The minimum absolute atomic E-state index is 0.0633. The number of nitrogens with zero attached hydrogens (tertiary/aromatic N) is 2. The van der Waals surface area contributed by atoms with Gasteiger partial charge in [-0.1, -0.05) is 19.3 Å². The van der Waals surface area contributed by atoms with Crippen LogP contribution in [0.25, 0.3) is 0 Å². The zero-order chi connectivity index (χ0) is 9.68. The Balaban J connectivity index is 2.37. The predicted molar refractivity (Wildman–Crippen MR) is 53.8 cm³/mol. The molecule has 0 unspecified atom stereocenters. The standard InChI is InChI=1S/C10H18N2O/c1-12(2)8-11-10(13)9-6-4-3-5-7-9/h8-9H,3-7H2,1-2H3. The van der Waals surface area contributed by atoms with Gasteiger partial charge in [-0.25, -0.2) is 4.99 Å². The number of carbonyl (C=O) groups is 1. The smallest absolute Gasteiger partial charge is 0.250 e. The molecule has 1 aliphatic carbocycles. The number of aliphatic imine (C=N–C) groups is 1. The van der Waals surface area contributed by atoms with E-state index in [-0.39, 0.29) is 11.8 Å². The molecule has 0 saturated heterocycles. The lowest BCUT2D eigenvalue weighted by Crippen LogP contribution is -2.18. The van der Waals surface area contributed by atoms with E-state index in [4.69, 9.17) is 0 Å². The van der Waals surface area contributed by atoms with E-state index in [9.17, 15) is 4.79 Å². The van der Waals surface area contributed by atoms with Gasteiger partial charge in [0.1, 0.15) is 0 Å². The van der Waals surface area contributed by atoms with Crippen LogP contribution in [0.15, 0.2) is 4.99 Å². The van der Waals surface area contributed by atoms with Crippen LogP contribution in [0.1, 0.15) is 32.1 Å². The average molecular weight is 182 g/mol. The third-order valence-corrected chi connectivity index (χ3v) is 2.37. The number of rotatable bonds is 2. The van der Waals surface area contributed by atoms with Crippen molar-refractivity contribution in [2.75, 3.05) is 14.1 Å². The lowest BCUT2D eigenvalue weighted by Gasteiger charge is -2.17. The first-order chi connectivity index (χ1) is 6.20. The molecule has 3 heteroatoms. The molecule has 1 fully saturated rings. The second-order valence-corrected chi connectivity index (χ2v) is 3.88. The maximum atomic E-state index is 11.5. The SMILES string of the molecule is CN(C)C=NC(=O)C1CCCCC1. The summed E-state index contributed by atoms with van der Waals surface area (Å²) in [6.45, 7) is 0. The van der Waals surface area contributed by atoms with Gasteiger partial charge in [-0.3, -0.25) is 4.79 Å². The first-order valence-electron chi connectivity index (χ1n) is 4.94. The van der Waals surface area contributed by atoms with Crippen LogP contribution in [0.3, 0.4) is 0 Å². The van der Waals surface area contributed by atoms with Crippen molar-refractivity contribution >= 4 is 12.2 Å². The molecular weight excluding hydrogens is 164 g/mol. The van der Waals surface area contributed by atoms with E-state index in [1.165, 1.54) is 19.3 Å². The van der Waals surface area contributed by atoms with Crippen molar-refractivity contribution < 1.29 is 4.79 Å². The van der Waals surface area contributed by atoms with Gasteiger partial charge in [-0.05, 0) is 12.8 Å². The van der Waals surface area contributed by atoms with Gasteiger partial charge in [0.05, 0.1) is 6.34 Å². The third-order valence-electron chi connectivity index (χ3n) is 2.37. The molecule has 0 atom stereocenters. The van der Waals surface area contributed by atoms with Crippen molar-refractivity contribution in [1.82, 2.24) is 4.90 Å². The van der Waals surface area contributed by atoms with Gasteiger partial charge in [-0.2, -0.15) is 0 Å². The van der Waals surface area contributed by atoms with Crippen molar-refractivity contribution in [2.45, 2.75) is 32.1 Å². The Morgan fingerprint density at radius 2 is 1.92 bits per heavy atom. The second kappa shape index (κ2) is 5.00. The van der Waals surface area contributed by atoms with Crippen molar-refractivity contribution in [2.24, 2.45) is 10.9 Å². The topological polar surface area (TPSA) is 32.7 Å². The first-order valence-corrected chi connectivity index (χ1v) is 4.94. The highest BCUT2D eigenvalue weighted by Crippen LogP contribution is 2.24. The van der Waals surface area contributed by atoms with Crippen LogP contribution < -0.4 is 0 Å². The molecule has 0 aromatic heterocycles. The van der Waals surface area contributed by atoms with Crippen LogP contribution >= 0.6 is 0 Å². The van der Waals surface area contributed by atoms with Crippen LogP contribution in [0.5, 0.6) is 0 Å². The van der Waals surface area contributed by atoms with Crippen molar-refractivity contribution in [3.05, 3.63) is 0 Å². The molecule has 1 amide bonds. The van der Waals surface area contributed by atoms with E-state index < -0.39 is 0 Å². The fourth-order valence-electron chi connectivity index (χ4n) is 1.63. The Hall–Kier alpha value is -0.860. The Morgan fingerprint density at radius 1 is 1.31 bits per heavy atom. The van der Waals surface area contributed by atoms with E-state index in [1.807, 2.05) is 14.1 Å². The molecule has 1 aliphatic rings. The normalized spacial score (nSPS) is 19.2. The van der Waals surface area contributed by atoms with Gasteiger partial charge in [0.25, 0.3) is 0 Å². The van der Waals surface area contributed by atoms with Crippen molar-refractivity contribution in [3.8, 4) is 0 Å². The molecule has 1 saturated carbocycles. The molecule has 0 N–H and O–H groups in total. The molecule has 1 rings (SSSR count). The summed E-state index contributed by atoms with van der Waals surface area (Å²) in [4.78, 5) is 17.2. The van der Waals surface area contributed by atoms with Crippen molar-refractivity contribution in [1.29, 1.82) is 0 Å². The zero-order valence-corrected chi connectivity index (χ0v) is 8.49. The van der Waals surface area contributed by atoms with Crippen LogP contribution in [-0.4, -0.2) is 31.2 Å². The lowest BCUT2D eigenvalue weighted by molar-refractivity contribution is -0.122. The first kappa shape index (κ1) is 10.2. The van der Waals surface area contributed by atoms with Gasteiger partial charge in [0, 0.05) is 20.0 Å². The maximum Gasteiger partial charge on any atom is 0.250 e. The van der Waals surface area contributed by atoms with Gasteiger partial charge in [0.15, 0.2) is 0 Å². The monoisotopic (exact) mass is 182 g/mol. The van der Waals surface area contributed by atoms with Gasteiger partial charge < -0.3 is 4.90 Å². The quantitative estimate of drug-likeness (QED) is 0.481. The van der Waals surface area contributed by atoms with E-state index in [0.29, 0.717) is 0 Å². The Labute approximate surface area is 79.8 Å². The molecule has 0 bridgehead atoms. The number of hydrogen-bond donors (Lipinski definition) is 0. The Morgan fingerprint density at radius 3 is 2.46 bits per heavy atom. The molecule has 0 aliphatic heterocycles. The summed E-state index contributed by atoms with van der Waals surface area (Å²) in [5.74, 6) is 0.262. The van der Waals surface area contributed by atoms with Gasteiger partial charge >= 0.3 is 0 Å². The fraction of sp³-hybridized carbons (Fsp3) is 0.800. The maximum absolute atomic E-state index is 11.5. The lowest BCUT2D eigenvalue weighted by atomic mass is 9.89. The van der Waals surface area contributed by atoms with Gasteiger partial charge in [-0.15, -0.1) is 0 Å². The van der Waals surface area contributed by atoms with E-state index in [0.717, 1.165) is 12.8 Å².